The topological polar surface area (TPSA) is 101 Å². The molecule has 0 unspecified atom stereocenters. The fourth-order valence-corrected chi connectivity index (χ4v) is 3.57. The second kappa shape index (κ2) is 7.90. The van der Waals surface area contributed by atoms with E-state index in [-0.39, 0.29) is 17.7 Å². The molecule has 0 saturated carbocycles. The lowest BCUT2D eigenvalue weighted by Gasteiger charge is -2.31. The molecule has 0 bridgehead atoms. The van der Waals surface area contributed by atoms with Crippen LogP contribution in [0.5, 0.6) is 0 Å². The number of hydrogen-bond donors (Lipinski definition) is 1. The van der Waals surface area contributed by atoms with Gasteiger partial charge in [0.05, 0.1) is 0 Å². The number of benzene rings is 1. The van der Waals surface area contributed by atoms with Crippen molar-refractivity contribution in [1.29, 1.82) is 0 Å². The quantitative estimate of drug-likeness (QED) is 0.727. The highest BCUT2D eigenvalue weighted by Gasteiger charge is 2.31. The van der Waals surface area contributed by atoms with Gasteiger partial charge in [-0.25, -0.2) is 0 Å². The minimum Gasteiger partial charge on any atom is -0.360 e. The Morgan fingerprint density at radius 3 is 2.45 bits per heavy atom. The Hall–Kier alpha value is -3.42. The number of anilines is 1. The maximum atomic E-state index is 13.1. The van der Waals surface area contributed by atoms with Gasteiger partial charge in [0.15, 0.2) is 5.82 Å². The van der Waals surface area contributed by atoms with Crippen LogP contribution in [-0.2, 0) is 4.79 Å². The monoisotopic (exact) mass is 394 g/mol. The number of carbonyl (C=O) groups is 2. The number of carbonyl (C=O) groups excluding carboxylic acids is 2. The molecule has 0 spiro atoms. The molecule has 1 aliphatic rings. The minimum atomic E-state index is -0.173. The zero-order valence-electron chi connectivity index (χ0n) is 16.3. The summed E-state index contributed by atoms with van der Waals surface area (Å²) in [4.78, 5) is 27.4. The molecule has 8 nitrogen and oxygen atoms in total. The van der Waals surface area contributed by atoms with Gasteiger partial charge in [-0.1, -0.05) is 40.6 Å². The summed E-state index contributed by atoms with van der Waals surface area (Å²) in [5.41, 5.74) is 1.87. The van der Waals surface area contributed by atoms with Gasteiger partial charge in [0, 0.05) is 30.6 Å². The van der Waals surface area contributed by atoms with Crippen molar-refractivity contribution in [3.63, 3.8) is 0 Å². The highest BCUT2D eigenvalue weighted by molar-refractivity contribution is 6.01. The van der Waals surface area contributed by atoms with E-state index in [0.29, 0.717) is 54.5 Å². The summed E-state index contributed by atoms with van der Waals surface area (Å²) in [6.45, 7) is 4.50. The van der Waals surface area contributed by atoms with E-state index in [2.05, 4.69) is 15.6 Å². The van der Waals surface area contributed by atoms with Crippen molar-refractivity contribution in [2.45, 2.75) is 26.7 Å². The maximum Gasteiger partial charge on any atom is 0.259 e. The van der Waals surface area contributed by atoms with E-state index in [4.69, 9.17) is 9.05 Å². The van der Waals surface area contributed by atoms with Crippen LogP contribution in [0.15, 0.2) is 45.4 Å². The first-order valence-corrected chi connectivity index (χ1v) is 9.58. The number of nitrogens with zero attached hydrogens (tertiary/aromatic N) is 3. The molecule has 0 radical (unpaired) electrons. The van der Waals surface area contributed by atoms with E-state index in [1.807, 2.05) is 30.3 Å². The molecule has 1 aliphatic heterocycles. The number of aryl methyl sites for hydroxylation is 2. The Bertz CT molecular complexity index is 1020. The summed E-state index contributed by atoms with van der Waals surface area (Å²) in [5, 5.41) is 10.6. The summed E-state index contributed by atoms with van der Waals surface area (Å²) < 4.78 is 10.3. The van der Waals surface area contributed by atoms with Crippen molar-refractivity contribution >= 4 is 17.6 Å². The molecule has 3 heterocycles. The minimum absolute atomic E-state index is 0.100. The molecule has 1 saturated heterocycles. The highest BCUT2D eigenvalue weighted by atomic mass is 16.5. The summed E-state index contributed by atoms with van der Waals surface area (Å²) >= 11 is 0. The van der Waals surface area contributed by atoms with Crippen molar-refractivity contribution in [3.05, 3.63) is 53.5 Å². The lowest BCUT2D eigenvalue weighted by Crippen LogP contribution is -2.41. The third-order valence-electron chi connectivity index (χ3n) is 5.16. The predicted molar refractivity (Wildman–Crippen MR) is 105 cm³/mol. The summed E-state index contributed by atoms with van der Waals surface area (Å²) in [6.07, 6.45) is 1.17. The maximum absolute atomic E-state index is 13.1. The number of aromatic nitrogens is 2. The van der Waals surface area contributed by atoms with E-state index in [1.165, 1.54) is 0 Å². The van der Waals surface area contributed by atoms with Gasteiger partial charge in [-0.2, -0.15) is 0 Å². The number of amides is 2. The summed E-state index contributed by atoms with van der Waals surface area (Å²) in [6, 6.07) is 11.2. The van der Waals surface area contributed by atoms with Crippen LogP contribution in [0.1, 0.15) is 34.7 Å². The number of piperidine rings is 1. The van der Waals surface area contributed by atoms with E-state index in [1.54, 1.807) is 24.8 Å². The van der Waals surface area contributed by atoms with E-state index in [0.717, 1.165) is 5.56 Å². The van der Waals surface area contributed by atoms with Crippen LogP contribution in [0.25, 0.3) is 11.3 Å². The average Bonchev–Trinajstić information content (AvgIpc) is 3.33. The van der Waals surface area contributed by atoms with Gasteiger partial charge < -0.3 is 19.3 Å². The molecule has 0 atom stereocenters. The van der Waals surface area contributed by atoms with Crippen LogP contribution in [0.4, 0.5) is 5.82 Å². The van der Waals surface area contributed by atoms with Crippen LogP contribution in [0.3, 0.4) is 0 Å². The number of likely N-dealkylation sites (tertiary alicyclic amines) is 1. The second-order valence-corrected chi connectivity index (χ2v) is 7.21. The Morgan fingerprint density at radius 2 is 1.79 bits per heavy atom. The van der Waals surface area contributed by atoms with Crippen LogP contribution in [0, 0.1) is 19.8 Å². The smallest absolute Gasteiger partial charge is 0.259 e. The van der Waals surface area contributed by atoms with Gasteiger partial charge in [0.2, 0.25) is 5.91 Å². The van der Waals surface area contributed by atoms with Crippen LogP contribution < -0.4 is 5.32 Å². The first kappa shape index (κ1) is 18.9. The van der Waals surface area contributed by atoms with E-state index >= 15 is 0 Å². The van der Waals surface area contributed by atoms with Crippen molar-refractivity contribution in [1.82, 2.24) is 15.2 Å². The van der Waals surface area contributed by atoms with Gasteiger partial charge in [-0.3, -0.25) is 9.59 Å². The van der Waals surface area contributed by atoms with Crippen molar-refractivity contribution in [2.75, 3.05) is 18.4 Å². The SMILES string of the molecule is Cc1cc(NC(=O)C2CCN(C(=O)c3c(-c4ccccc4)noc3C)CC2)no1. The largest absolute Gasteiger partial charge is 0.360 e. The predicted octanol–water partition coefficient (Wildman–Crippen LogP) is 3.44. The lowest BCUT2D eigenvalue weighted by atomic mass is 9.95. The van der Waals surface area contributed by atoms with Crippen LogP contribution in [-0.4, -0.2) is 40.1 Å². The molecule has 4 rings (SSSR count). The average molecular weight is 394 g/mol. The second-order valence-electron chi connectivity index (χ2n) is 7.21. The molecule has 1 fully saturated rings. The van der Waals surface area contributed by atoms with Gasteiger partial charge in [-0.15, -0.1) is 0 Å². The van der Waals surface area contributed by atoms with E-state index < -0.39 is 0 Å². The first-order valence-electron chi connectivity index (χ1n) is 9.58. The molecule has 2 aromatic heterocycles. The zero-order valence-corrected chi connectivity index (χ0v) is 16.3. The molecule has 8 heteroatoms. The Morgan fingerprint density at radius 1 is 1.07 bits per heavy atom. The Labute approximate surface area is 167 Å². The summed E-state index contributed by atoms with van der Waals surface area (Å²) in [5.74, 6) is 1.16. The molecule has 0 aliphatic carbocycles. The van der Waals surface area contributed by atoms with Gasteiger partial charge in [-0.05, 0) is 26.7 Å². The summed E-state index contributed by atoms with van der Waals surface area (Å²) in [7, 11) is 0. The van der Waals surface area contributed by atoms with Gasteiger partial charge in [0.25, 0.3) is 5.91 Å². The zero-order chi connectivity index (χ0) is 20.4. The standard InChI is InChI=1S/C21H22N4O4/c1-13-12-17(23-28-13)22-20(26)16-8-10-25(11-9-16)21(27)18-14(2)29-24-19(18)15-6-4-3-5-7-15/h3-7,12,16H,8-11H2,1-2H3,(H,22,23,26). The number of hydrogen-bond acceptors (Lipinski definition) is 6. The first-order chi connectivity index (χ1) is 14.0. The molecule has 1 N–H and O–H groups in total. The Balaban J connectivity index is 1.42. The van der Waals surface area contributed by atoms with Gasteiger partial charge in [0.1, 0.15) is 22.8 Å². The number of rotatable bonds is 4. The molecule has 2 amide bonds. The normalized spacial score (nSPS) is 14.8. The molecule has 150 valence electrons. The fourth-order valence-electron chi connectivity index (χ4n) is 3.57. The van der Waals surface area contributed by atoms with Crippen LogP contribution >= 0.6 is 0 Å². The van der Waals surface area contributed by atoms with Crippen molar-refractivity contribution in [3.8, 4) is 11.3 Å². The van der Waals surface area contributed by atoms with Gasteiger partial charge >= 0.3 is 0 Å². The molecule has 29 heavy (non-hydrogen) atoms. The molecular formula is C21H22N4O4. The van der Waals surface area contributed by atoms with Crippen LogP contribution in [0.2, 0.25) is 0 Å². The van der Waals surface area contributed by atoms with E-state index in [9.17, 15) is 9.59 Å². The third-order valence-corrected chi connectivity index (χ3v) is 5.16. The Kier molecular flexibility index (Phi) is 5.16. The molecular weight excluding hydrogens is 372 g/mol. The highest BCUT2D eigenvalue weighted by Crippen LogP contribution is 2.28. The fraction of sp³-hybridized carbons (Fsp3) is 0.333. The number of nitrogens with one attached hydrogen (secondary N) is 1. The molecule has 1 aromatic carbocycles. The molecule has 3 aromatic rings. The van der Waals surface area contributed by atoms with Crippen molar-refractivity contribution < 1.29 is 18.6 Å². The lowest BCUT2D eigenvalue weighted by molar-refractivity contribution is -0.121. The third kappa shape index (κ3) is 3.91. The van der Waals surface area contributed by atoms with Crippen molar-refractivity contribution in [2.24, 2.45) is 5.92 Å².